The van der Waals surface area contributed by atoms with E-state index in [2.05, 4.69) is 56.4 Å². The molecule has 0 aliphatic carbocycles. The van der Waals surface area contributed by atoms with Crippen molar-refractivity contribution in [3.05, 3.63) is 83.4 Å². The van der Waals surface area contributed by atoms with Gasteiger partial charge in [-0.3, -0.25) is 4.99 Å². The molecule has 3 rings (SSSR count). The van der Waals surface area contributed by atoms with Crippen molar-refractivity contribution in [3.63, 3.8) is 0 Å². The number of hydrogen-bond acceptors (Lipinski definition) is 4. The highest BCUT2D eigenvalue weighted by molar-refractivity contribution is 5.79. The van der Waals surface area contributed by atoms with Gasteiger partial charge in [-0.2, -0.15) is 0 Å². The largest absolute Gasteiger partial charge is 0.491 e. The number of methoxy groups -OCH3 is 1. The number of nitrogens with one attached hydrogen (secondary N) is 2. The Hall–Kier alpha value is -3.32. The fourth-order valence-electron chi connectivity index (χ4n) is 3.17. The van der Waals surface area contributed by atoms with Crippen LogP contribution in [-0.2, 0) is 24.4 Å². The zero-order valence-corrected chi connectivity index (χ0v) is 18.5. The minimum absolute atomic E-state index is 0.518. The lowest BCUT2D eigenvalue weighted by Gasteiger charge is -2.16. The first-order chi connectivity index (χ1) is 15.2. The number of nitrogens with zero attached hydrogens (tertiary/aromatic N) is 3. The van der Waals surface area contributed by atoms with Gasteiger partial charge in [-0.25, -0.2) is 4.98 Å². The van der Waals surface area contributed by atoms with Crippen LogP contribution in [0.2, 0.25) is 0 Å². The quantitative estimate of drug-likeness (QED) is 0.299. The Morgan fingerprint density at radius 1 is 1.06 bits per heavy atom. The van der Waals surface area contributed by atoms with E-state index in [4.69, 9.17) is 9.47 Å². The molecule has 2 aromatic carbocycles. The molecule has 0 unspecified atom stereocenters. The van der Waals surface area contributed by atoms with Crippen LogP contribution in [0.1, 0.15) is 22.5 Å². The lowest BCUT2D eigenvalue weighted by Crippen LogP contribution is -2.37. The van der Waals surface area contributed by atoms with Crippen LogP contribution >= 0.6 is 0 Å². The Kier molecular flexibility index (Phi) is 8.48. The fourth-order valence-corrected chi connectivity index (χ4v) is 3.17. The molecule has 7 heteroatoms. The first kappa shape index (κ1) is 22.4. The van der Waals surface area contributed by atoms with Crippen molar-refractivity contribution < 1.29 is 9.47 Å². The van der Waals surface area contributed by atoms with Crippen molar-refractivity contribution in [3.8, 4) is 5.75 Å². The number of benzene rings is 2. The van der Waals surface area contributed by atoms with Gasteiger partial charge >= 0.3 is 0 Å². The highest BCUT2D eigenvalue weighted by Crippen LogP contribution is 2.20. The number of imidazole rings is 1. The summed E-state index contributed by atoms with van der Waals surface area (Å²) in [6, 6.07) is 16.6. The molecule has 0 aliphatic rings. The van der Waals surface area contributed by atoms with Gasteiger partial charge in [-0.15, -0.1) is 0 Å². The molecule has 31 heavy (non-hydrogen) atoms. The van der Waals surface area contributed by atoms with Gasteiger partial charge in [0.05, 0.1) is 13.2 Å². The van der Waals surface area contributed by atoms with Crippen LogP contribution in [-0.4, -0.2) is 42.9 Å². The molecular formula is C24H31N5O2. The van der Waals surface area contributed by atoms with Gasteiger partial charge in [0.15, 0.2) is 5.96 Å². The first-order valence-electron chi connectivity index (χ1n) is 10.4. The van der Waals surface area contributed by atoms with Crippen LogP contribution in [0.15, 0.2) is 65.9 Å². The predicted octanol–water partition coefficient (Wildman–Crippen LogP) is 3.13. The second kappa shape index (κ2) is 11.8. The number of aliphatic imine (C=N–C) groups is 1. The normalized spacial score (nSPS) is 11.4. The summed E-state index contributed by atoms with van der Waals surface area (Å²) in [7, 11) is 3.43. The summed E-state index contributed by atoms with van der Waals surface area (Å²) in [6.07, 6.45) is 3.82. The predicted molar refractivity (Wildman–Crippen MR) is 123 cm³/mol. The Morgan fingerprint density at radius 2 is 1.87 bits per heavy atom. The number of guanidine groups is 1. The van der Waals surface area contributed by atoms with Crippen molar-refractivity contribution in [2.24, 2.45) is 4.99 Å². The van der Waals surface area contributed by atoms with E-state index in [1.165, 1.54) is 5.56 Å². The third-order valence-corrected chi connectivity index (χ3v) is 4.85. The first-order valence-corrected chi connectivity index (χ1v) is 10.4. The molecule has 2 N–H and O–H groups in total. The van der Waals surface area contributed by atoms with Crippen LogP contribution in [0.3, 0.4) is 0 Å². The molecule has 0 fully saturated rings. The zero-order valence-electron chi connectivity index (χ0n) is 18.5. The molecule has 0 bridgehead atoms. The van der Waals surface area contributed by atoms with Gasteiger partial charge in [-0.1, -0.05) is 42.5 Å². The second-order valence-corrected chi connectivity index (χ2v) is 7.19. The molecular weight excluding hydrogens is 390 g/mol. The van der Waals surface area contributed by atoms with Gasteiger partial charge < -0.3 is 24.7 Å². The molecule has 0 radical (unpaired) electrons. The third-order valence-electron chi connectivity index (χ3n) is 4.85. The molecule has 164 valence electrons. The molecule has 0 aliphatic heterocycles. The number of rotatable bonds is 10. The van der Waals surface area contributed by atoms with Gasteiger partial charge in [-0.05, 0) is 24.1 Å². The molecule has 1 aromatic heterocycles. The summed E-state index contributed by atoms with van der Waals surface area (Å²) in [5.41, 5.74) is 3.46. The molecule has 3 aromatic rings. The van der Waals surface area contributed by atoms with E-state index in [1.807, 2.05) is 36.7 Å². The fraction of sp³-hybridized carbons (Fsp3) is 0.333. The van der Waals surface area contributed by atoms with Crippen molar-refractivity contribution in [1.29, 1.82) is 0 Å². The zero-order chi connectivity index (χ0) is 21.9. The van der Waals surface area contributed by atoms with E-state index >= 15 is 0 Å². The van der Waals surface area contributed by atoms with Crippen molar-refractivity contribution >= 4 is 5.96 Å². The Bertz CT molecular complexity index is 969. The molecule has 0 saturated heterocycles. The van der Waals surface area contributed by atoms with E-state index < -0.39 is 0 Å². The molecule has 0 atom stereocenters. The van der Waals surface area contributed by atoms with Crippen molar-refractivity contribution in [2.75, 3.05) is 27.4 Å². The lowest BCUT2D eigenvalue weighted by molar-refractivity contribution is 0.145. The van der Waals surface area contributed by atoms with Crippen LogP contribution in [0.4, 0.5) is 0 Å². The SMILES string of the molecule is CN=C(NCc1ccc(C)cc1OCCOC)NCc1nccn1Cc1ccccc1. The number of aromatic nitrogens is 2. The van der Waals surface area contributed by atoms with Crippen molar-refractivity contribution in [2.45, 2.75) is 26.6 Å². The number of ether oxygens (including phenoxy) is 2. The van der Waals surface area contributed by atoms with Gasteiger partial charge in [0.2, 0.25) is 0 Å². The molecule has 0 spiro atoms. The van der Waals surface area contributed by atoms with Crippen molar-refractivity contribution in [1.82, 2.24) is 20.2 Å². The molecule has 0 amide bonds. The maximum Gasteiger partial charge on any atom is 0.191 e. The average molecular weight is 422 g/mol. The minimum Gasteiger partial charge on any atom is -0.491 e. The summed E-state index contributed by atoms with van der Waals surface area (Å²) >= 11 is 0. The standard InChI is InChI=1S/C24H31N5O2/c1-19-9-10-21(22(15-19)31-14-13-30-3)16-27-24(25-2)28-17-23-26-11-12-29(23)18-20-7-5-4-6-8-20/h4-12,15H,13-14,16-18H2,1-3H3,(H2,25,27,28). The monoisotopic (exact) mass is 421 g/mol. The summed E-state index contributed by atoms with van der Waals surface area (Å²) in [6.45, 7) is 5.09. The molecule has 1 heterocycles. The Labute approximate surface area is 184 Å². The van der Waals surface area contributed by atoms with Crippen LogP contribution in [0.5, 0.6) is 5.75 Å². The Morgan fingerprint density at radius 3 is 2.65 bits per heavy atom. The summed E-state index contributed by atoms with van der Waals surface area (Å²) < 4.78 is 13.1. The van der Waals surface area contributed by atoms with Gasteiger partial charge in [0.1, 0.15) is 18.2 Å². The smallest absolute Gasteiger partial charge is 0.191 e. The molecule has 0 saturated carbocycles. The van der Waals surface area contributed by atoms with Gasteiger partial charge in [0.25, 0.3) is 0 Å². The van der Waals surface area contributed by atoms with Crippen LogP contribution in [0, 0.1) is 6.92 Å². The average Bonchev–Trinajstić information content (AvgIpc) is 3.22. The van der Waals surface area contributed by atoms with E-state index in [0.29, 0.717) is 32.3 Å². The van der Waals surface area contributed by atoms with Gasteiger partial charge in [0, 0.05) is 45.2 Å². The maximum absolute atomic E-state index is 5.88. The second-order valence-electron chi connectivity index (χ2n) is 7.19. The Balaban J connectivity index is 1.56. The number of aryl methyl sites for hydroxylation is 1. The minimum atomic E-state index is 0.518. The maximum atomic E-state index is 5.88. The highest BCUT2D eigenvalue weighted by Gasteiger charge is 2.08. The third kappa shape index (κ3) is 6.86. The van der Waals surface area contributed by atoms with E-state index in [9.17, 15) is 0 Å². The highest BCUT2D eigenvalue weighted by atomic mass is 16.5. The number of hydrogen-bond donors (Lipinski definition) is 2. The molecule has 7 nitrogen and oxygen atoms in total. The summed E-state index contributed by atoms with van der Waals surface area (Å²) in [4.78, 5) is 8.82. The lowest BCUT2D eigenvalue weighted by atomic mass is 10.1. The van der Waals surface area contributed by atoms with E-state index in [-0.39, 0.29) is 0 Å². The van der Waals surface area contributed by atoms with Crippen LogP contribution in [0.25, 0.3) is 0 Å². The summed E-state index contributed by atoms with van der Waals surface area (Å²) in [5, 5.41) is 6.70. The summed E-state index contributed by atoms with van der Waals surface area (Å²) in [5.74, 6) is 2.52. The van der Waals surface area contributed by atoms with E-state index in [1.54, 1.807) is 14.2 Å². The van der Waals surface area contributed by atoms with Crippen LogP contribution < -0.4 is 15.4 Å². The van der Waals surface area contributed by atoms with E-state index in [0.717, 1.165) is 29.2 Å². The topological polar surface area (TPSA) is 72.7 Å².